The molecule has 106 valence electrons. The van der Waals surface area contributed by atoms with Crippen molar-refractivity contribution in [3.05, 3.63) is 0 Å². The van der Waals surface area contributed by atoms with E-state index in [1.54, 1.807) is 0 Å². The lowest BCUT2D eigenvalue weighted by Gasteiger charge is -2.17. The van der Waals surface area contributed by atoms with Crippen LogP contribution in [0, 0.1) is 0 Å². The summed E-state index contributed by atoms with van der Waals surface area (Å²) in [6.07, 6.45) is -1.07. The molecule has 0 spiro atoms. The van der Waals surface area contributed by atoms with Gasteiger partial charge in [-0.05, 0) is 18.4 Å². The second-order valence-corrected chi connectivity index (χ2v) is 4.70. The largest absolute Gasteiger partial charge is 0.480 e. The van der Waals surface area contributed by atoms with Crippen LogP contribution in [0.5, 0.6) is 0 Å². The molecule has 0 heterocycles. The van der Waals surface area contributed by atoms with Gasteiger partial charge in [-0.2, -0.15) is 11.8 Å². The molecule has 0 aromatic heterocycles. The number of carboxylic acids is 1. The number of thioether (sulfide) groups is 1. The van der Waals surface area contributed by atoms with Crippen molar-refractivity contribution in [3.63, 3.8) is 0 Å². The average molecular weight is 281 g/mol. The van der Waals surface area contributed by atoms with Gasteiger partial charge in [0.05, 0.1) is 13.2 Å². The topological polar surface area (TPSA) is 127 Å². The number of aliphatic hydroxyl groups excluding tert-OH is 3. The van der Waals surface area contributed by atoms with E-state index in [0.717, 1.165) is 0 Å². The molecule has 0 rings (SSSR count). The Hall–Kier alpha value is -0.670. The smallest absolute Gasteiger partial charge is 0.320 e. The van der Waals surface area contributed by atoms with E-state index >= 15 is 0 Å². The van der Waals surface area contributed by atoms with E-state index in [0.29, 0.717) is 12.2 Å². The quantitative estimate of drug-likeness (QED) is 0.313. The predicted molar refractivity (Wildman–Crippen MR) is 66.5 cm³/mol. The molecule has 5 N–H and O–H groups in total. The van der Waals surface area contributed by atoms with Gasteiger partial charge < -0.3 is 20.4 Å². The minimum atomic E-state index is -1.71. The molecule has 3 atom stereocenters. The van der Waals surface area contributed by atoms with Crippen LogP contribution in [-0.2, 0) is 9.59 Å². The van der Waals surface area contributed by atoms with Crippen molar-refractivity contribution in [1.29, 1.82) is 0 Å². The SMILES string of the molecule is CSCC[C@H](NCC(=O)[C@@H](O)[C@H](O)CO)C(=O)O. The Balaban J connectivity index is 4.18. The van der Waals surface area contributed by atoms with Gasteiger partial charge in [0.15, 0.2) is 5.78 Å². The molecular formula is C10H19NO6S. The van der Waals surface area contributed by atoms with Crippen molar-refractivity contribution >= 4 is 23.5 Å². The van der Waals surface area contributed by atoms with E-state index in [9.17, 15) is 14.7 Å². The van der Waals surface area contributed by atoms with Crippen LogP contribution in [0.15, 0.2) is 0 Å². The van der Waals surface area contributed by atoms with Crippen molar-refractivity contribution in [3.8, 4) is 0 Å². The summed E-state index contributed by atoms with van der Waals surface area (Å²) in [5, 5.41) is 38.2. The van der Waals surface area contributed by atoms with Gasteiger partial charge >= 0.3 is 5.97 Å². The van der Waals surface area contributed by atoms with Crippen LogP contribution in [0.2, 0.25) is 0 Å². The Morgan fingerprint density at radius 3 is 2.39 bits per heavy atom. The highest BCUT2D eigenvalue weighted by atomic mass is 32.2. The highest BCUT2D eigenvalue weighted by Crippen LogP contribution is 2.01. The molecule has 18 heavy (non-hydrogen) atoms. The molecule has 7 nitrogen and oxygen atoms in total. The molecular weight excluding hydrogens is 262 g/mol. The van der Waals surface area contributed by atoms with Crippen molar-refractivity contribution < 1.29 is 30.0 Å². The van der Waals surface area contributed by atoms with Crippen LogP contribution < -0.4 is 5.32 Å². The molecule has 0 saturated heterocycles. The molecule has 0 radical (unpaired) electrons. The number of Topliss-reactive ketones (excluding diaryl/α,β-unsaturated/α-hetero) is 1. The monoisotopic (exact) mass is 281 g/mol. The lowest BCUT2D eigenvalue weighted by molar-refractivity contribution is -0.140. The zero-order valence-electron chi connectivity index (χ0n) is 10.1. The third kappa shape index (κ3) is 6.31. The molecule has 8 heteroatoms. The Labute approximate surface area is 109 Å². The minimum absolute atomic E-state index is 0.350. The molecule has 0 fully saturated rings. The van der Waals surface area contributed by atoms with Crippen LogP contribution >= 0.6 is 11.8 Å². The number of ketones is 1. The van der Waals surface area contributed by atoms with Crippen LogP contribution in [0.25, 0.3) is 0 Å². The molecule has 0 amide bonds. The summed E-state index contributed by atoms with van der Waals surface area (Å²) in [6, 6.07) is -0.875. The summed E-state index contributed by atoms with van der Waals surface area (Å²) in [5.41, 5.74) is 0. The number of rotatable bonds is 10. The van der Waals surface area contributed by atoms with Crippen LogP contribution in [-0.4, -0.2) is 75.6 Å². The molecule has 0 aliphatic carbocycles. The maximum Gasteiger partial charge on any atom is 0.320 e. The first-order chi connectivity index (χ1) is 8.43. The number of carboxylic acid groups (broad SMARTS) is 1. The zero-order chi connectivity index (χ0) is 14.1. The summed E-state index contributed by atoms with van der Waals surface area (Å²) >= 11 is 1.49. The second kappa shape index (κ2) is 9.29. The molecule has 0 aromatic carbocycles. The summed E-state index contributed by atoms with van der Waals surface area (Å²) in [4.78, 5) is 22.2. The van der Waals surface area contributed by atoms with Crippen molar-refractivity contribution in [2.75, 3.05) is 25.2 Å². The van der Waals surface area contributed by atoms with Crippen molar-refractivity contribution in [2.24, 2.45) is 0 Å². The second-order valence-electron chi connectivity index (χ2n) is 3.71. The van der Waals surface area contributed by atoms with E-state index in [1.165, 1.54) is 11.8 Å². The molecule has 0 saturated carbocycles. The van der Waals surface area contributed by atoms with E-state index in [1.807, 2.05) is 6.26 Å². The first-order valence-electron chi connectivity index (χ1n) is 5.38. The first-order valence-corrected chi connectivity index (χ1v) is 6.78. The van der Waals surface area contributed by atoms with Gasteiger partial charge in [-0.3, -0.25) is 14.9 Å². The lowest BCUT2D eigenvalue weighted by Crippen LogP contribution is -2.46. The van der Waals surface area contributed by atoms with Gasteiger partial charge in [-0.15, -0.1) is 0 Å². The fourth-order valence-corrected chi connectivity index (χ4v) is 1.66. The standard InChI is InChI=1S/C10H19NO6S/c1-18-3-2-6(10(16)17)11-4-7(13)9(15)8(14)5-12/h6,8-9,11-12,14-15H,2-5H2,1H3,(H,16,17)/t6-,8+,9+/m0/s1. The van der Waals surface area contributed by atoms with Gasteiger partial charge in [0.1, 0.15) is 18.2 Å². The maximum atomic E-state index is 11.4. The molecule has 0 unspecified atom stereocenters. The number of aliphatic carboxylic acids is 1. The fraction of sp³-hybridized carbons (Fsp3) is 0.800. The Morgan fingerprint density at radius 1 is 1.33 bits per heavy atom. The third-order valence-electron chi connectivity index (χ3n) is 2.31. The fourth-order valence-electron chi connectivity index (χ4n) is 1.19. The minimum Gasteiger partial charge on any atom is -0.480 e. The van der Waals surface area contributed by atoms with E-state index in [4.69, 9.17) is 15.3 Å². The number of hydrogen-bond donors (Lipinski definition) is 5. The molecule has 0 aliphatic heterocycles. The summed E-state index contributed by atoms with van der Waals surface area (Å²) in [6.45, 7) is -1.11. The van der Waals surface area contributed by atoms with Crippen LogP contribution in [0.3, 0.4) is 0 Å². The Kier molecular flexibility index (Phi) is 8.94. The summed E-state index contributed by atoms with van der Waals surface area (Å²) in [5.74, 6) is -1.21. The Bertz CT molecular complexity index is 275. The predicted octanol–water partition coefficient (Wildman–Crippen LogP) is -1.93. The number of hydrogen-bond acceptors (Lipinski definition) is 7. The van der Waals surface area contributed by atoms with Gasteiger partial charge in [-0.25, -0.2) is 0 Å². The molecule has 0 aliphatic rings. The van der Waals surface area contributed by atoms with Gasteiger partial charge in [0.25, 0.3) is 0 Å². The van der Waals surface area contributed by atoms with Crippen LogP contribution in [0.4, 0.5) is 0 Å². The number of aliphatic hydroxyl groups is 3. The Morgan fingerprint density at radius 2 is 1.94 bits per heavy atom. The normalized spacial score (nSPS) is 16.0. The van der Waals surface area contributed by atoms with Gasteiger partial charge in [0, 0.05) is 0 Å². The first kappa shape index (κ1) is 17.3. The third-order valence-corrected chi connectivity index (χ3v) is 2.96. The van der Waals surface area contributed by atoms with E-state index in [2.05, 4.69) is 5.32 Å². The van der Waals surface area contributed by atoms with Crippen molar-refractivity contribution in [2.45, 2.75) is 24.7 Å². The number of carbonyl (C=O) groups is 2. The number of nitrogens with one attached hydrogen (secondary N) is 1. The molecule has 0 bridgehead atoms. The maximum absolute atomic E-state index is 11.4. The molecule has 0 aromatic rings. The average Bonchev–Trinajstić information content (AvgIpc) is 2.36. The zero-order valence-corrected chi connectivity index (χ0v) is 10.9. The lowest BCUT2D eigenvalue weighted by atomic mass is 10.1. The van der Waals surface area contributed by atoms with Crippen LogP contribution in [0.1, 0.15) is 6.42 Å². The highest BCUT2D eigenvalue weighted by Gasteiger charge is 2.25. The van der Waals surface area contributed by atoms with E-state index < -0.39 is 36.6 Å². The van der Waals surface area contributed by atoms with E-state index in [-0.39, 0.29) is 6.54 Å². The highest BCUT2D eigenvalue weighted by molar-refractivity contribution is 7.98. The van der Waals surface area contributed by atoms with Crippen molar-refractivity contribution in [1.82, 2.24) is 5.32 Å². The number of carbonyl (C=O) groups excluding carboxylic acids is 1. The summed E-state index contributed by atoms with van der Waals surface area (Å²) in [7, 11) is 0. The summed E-state index contributed by atoms with van der Waals surface area (Å²) < 4.78 is 0. The van der Waals surface area contributed by atoms with Gasteiger partial charge in [0.2, 0.25) is 0 Å². The van der Waals surface area contributed by atoms with Gasteiger partial charge in [-0.1, -0.05) is 0 Å².